The van der Waals surface area contributed by atoms with Gasteiger partial charge in [-0.2, -0.15) is 0 Å². The first-order valence-electron chi connectivity index (χ1n) is 11.4. The Morgan fingerprint density at radius 2 is 1.97 bits per heavy atom. The van der Waals surface area contributed by atoms with Gasteiger partial charge in [0.15, 0.2) is 11.9 Å². The predicted molar refractivity (Wildman–Crippen MR) is 111 cm³/mol. The molecule has 5 fully saturated rings. The van der Waals surface area contributed by atoms with E-state index in [1.54, 1.807) is 6.20 Å². The van der Waals surface area contributed by atoms with Crippen molar-refractivity contribution < 1.29 is 28.8 Å². The SMILES string of the molecule is C[C@@H]1CC[C@H]2[C@@H](C)C(OC(=O)c3c[nH]c4ccccc34)O[C@@H]3O[C@@]4(C)CC[C@@H]1[C@]32OO4. The lowest BCUT2D eigenvalue weighted by atomic mass is 9.58. The molecule has 4 saturated heterocycles. The Balaban J connectivity index is 1.32. The van der Waals surface area contributed by atoms with E-state index >= 15 is 0 Å². The van der Waals surface area contributed by atoms with Crippen molar-refractivity contribution in [2.24, 2.45) is 23.7 Å². The number of hydrogen-bond donors (Lipinski definition) is 1. The van der Waals surface area contributed by atoms with E-state index < -0.39 is 29.9 Å². The van der Waals surface area contributed by atoms with E-state index in [4.69, 9.17) is 24.0 Å². The number of esters is 1. The first kappa shape index (κ1) is 19.7. The van der Waals surface area contributed by atoms with Gasteiger partial charge in [0.05, 0.1) is 5.56 Å². The van der Waals surface area contributed by atoms with Crippen molar-refractivity contribution in [2.75, 3.05) is 0 Å². The lowest BCUT2D eigenvalue weighted by Gasteiger charge is -2.59. The largest absolute Gasteiger partial charge is 0.432 e. The lowest BCUT2D eigenvalue weighted by molar-refractivity contribution is -0.576. The summed E-state index contributed by atoms with van der Waals surface area (Å²) in [7, 11) is 0. The smallest absolute Gasteiger partial charge is 0.342 e. The maximum atomic E-state index is 13.1. The molecule has 31 heavy (non-hydrogen) atoms. The summed E-state index contributed by atoms with van der Waals surface area (Å²) in [6.07, 6.45) is 4.17. The molecule has 2 bridgehead atoms. The van der Waals surface area contributed by atoms with Crippen molar-refractivity contribution in [2.45, 2.75) is 70.4 Å². The molecule has 0 radical (unpaired) electrons. The molecule has 1 spiro atoms. The Kier molecular flexibility index (Phi) is 4.32. The third-order valence-electron chi connectivity index (χ3n) is 8.13. The Bertz CT molecular complexity index is 1020. The molecule has 0 amide bonds. The van der Waals surface area contributed by atoms with Crippen molar-refractivity contribution in [3.8, 4) is 0 Å². The van der Waals surface area contributed by atoms with Crippen LogP contribution in [0.5, 0.6) is 0 Å². The van der Waals surface area contributed by atoms with E-state index in [1.165, 1.54) is 0 Å². The summed E-state index contributed by atoms with van der Waals surface area (Å²) in [5, 5.41) is 0.841. The molecule has 5 heterocycles. The molecule has 7 heteroatoms. The summed E-state index contributed by atoms with van der Waals surface area (Å²) in [6.45, 7) is 6.26. The number of fused-ring (bicyclic) bond motifs is 3. The highest BCUT2D eigenvalue weighted by molar-refractivity contribution is 6.04. The van der Waals surface area contributed by atoms with E-state index in [0.29, 0.717) is 11.5 Å². The minimum atomic E-state index is -0.844. The van der Waals surface area contributed by atoms with Crippen molar-refractivity contribution in [3.63, 3.8) is 0 Å². The summed E-state index contributed by atoms with van der Waals surface area (Å²) in [5.41, 5.74) is 0.756. The molecule has 1 aliphatic carbocycles. The summed E-state index contributed by atoms with van der Waals surface area (Å²) >= 11 is 0. The number of hydrogen-bond acceptors (Lipinski definition) is 6. The average molecular weight is 427 g/mol. The second-order valence-corrected chi connectivity index (χ2v) is 9.93. The highest BCUT2D eigenvalue weighted by Gasteiger charge is 2.69. The van der Waals surface area contributed by atoms with E-state index in [9.17, 15) is 4.79 Å². The van der Waals surface area contributed by atoms with Gasteiger partial charge in [-0.1, -0.05) is 32.0 Å². The van der Waals surface area contributed by atoms with Crippen LogP contribution in [0, 0.1) is 23.7 Å². The zero-order chi connectivity index (χ0) is 21.4. The molecule has 7 nitrogen and oxygen atoms in total. The molecule has 8 atom stereocenters. The minimum absolute atomic E-state index is 0.0462. The van der Waals surface area contributed by atoms with Crippen LogP contribution < -0.4 is 0 Å². The molecule has 1 saturated carbocycles. The third kappa shape index (κ3) is 2.76. The number of aromatic amines is 1. The quantitative estimate of drug-likeness (QED) is 0.560. The van der Waals surface area contributed by atoms with Gasteiger partial charge in [0.2, 0.25) is 12.1 Å². The number of carbonyl (C=O) groups is 1. The highest BCUT2D eigenvalue weighted by Crippen LogP contribution is 2.60. The van der Waals surface area contributed by atoms with Crippen LogP contribution in [0.2, 0.25) is 0 Å². The first-order chi connectivity index (χ1) is 14.9. The molecule has 5 aliphatic rings. The van der Waals surface area contributed by atoms with Gasteiger partial charge in [0.1, 0.15) is 0 Å². The molecule has 1 unspecified atom stereocenters. The number of rotatable bonds is 2. The second kappa shape index (κ2) is 6.78. The van der Waals surface area contributed by atoms with Crippen LogP contribution in [0.4, 0.5) is 0 Å². The van der Waals surface area contributed by atoms with Gasteiger partial charge in [0, 0.05) is 35.4 Å². The van der Waals surface area contributed by atoms with E-state index in [0.717, 1.165) is 36.6 Å². The molecule has 1 aromatic carbocycles. The first-order valence-corrected chi connectivity index (χ1v) is 11.4. The van der Waals surface area contributed by atoms with Crippen LogP contribution in [0.15, 0.2) is 30.5 Å². The topological polar surface area (TPSA) is 79.0 Å². The lowest BCUT2D eigenvalue weighted by Crippen LogP contribution is -2.70. The van der Waals surface area contributed by atoms with Crippen LogP contribution in [-0.4, -0.2) is 34.9 Å². The molecular weight excluding hydrogens is 398 g/mol. The standard InChI is InChI=1S/C24H29NO6/c1-13-8-9-18-14(2)21(27-20(26)16-12-25-19-7-5-4-6-15(16)19)28-22-24(18)17(13)10-11-23(3,29-22)30-31-24/h4-7,12-14,17-18,21-22,25H,8-11H2,1-3H3/t13-,14-,17+,18+,21?,22-,23-,24-/m1/s1. The number of nitrogens with one attached hydrogen (secondary N) is 1. The molecule has 2 aromatic rings. The maximum Gasteiger partial charge on any atom is 0.342 e. The number of carbonyl (C=O) groups excluding carboxylic acids is 1. The molecular formula is C24H29NO6. The normalized spacial score (nSPS) is 44.0. The van der Waals surface area contributed by atoms with E-state index in [-0.39, 0.29) is 17.8 Å². The highest BCUT2D eigenvalue weighted by atomic mass is 17.3. The van der Waals surface area contributed by atoms with Gasteiger partial charge < -0.3 is 19.2 Å². The summed E-state index contributed by atoms with van der Waals surface area (Å²) in [5.74, 6) is -0.386. The molecule has 7 rings (SSSR count). The number of ether oxygens (including phenoxy) is 3. The van der Waals surface area contributed by atoms with Crippen molar-refractivity contribution in [3.05, 3.63) is 36.0 Å². The monoisotopic (exact) mass is 427 g/mol. The van der Waals surface area contributed by atoms with Crippen LogP contribution in [0.25, 0.3) is 10.9 Å². The fourth-order valence-electron chi connectivity index (χ4n) is 6.42. The van der Waals surface area contributed by atoms with E-state index in [1.807, 2.05) is 31.2 Å². The number of H-pyrrole nitrogens is 1. The summed E-state index contributed by atoms with van der Waals surface area (Å²) in [4.78, 5) is 28.2. The van der Waals surface area contributed by atoms with Crippen LogP contribution in [0.1, 0.15) is 56.8 Å². The van der Waals surface area contributed by atoms with Crippen LogP contribution in [0.3, 0.4) is 0 Å². The van der Waals surface area contributed by atoms with Gasteiger partial charge in [-0.05, 0) is 44.1 Å². The van der Waals surface area contributed by atoms with Crippen molar-refractivity contribution >= 4 is 16.9 Å². The fraction of sp³-hybridized carbons (Fsp3) is 0.625. The Hall–Kier alpha value is -1.93. The van der Waals surface area contributed by atoms with Crippen LogP contribution in [-0.2, 0) is 24.0 Å². The zero-order valence-corrected chi connectivity index (χ0v) is 18.1. The second-order valence-electron chi connectivity index (χ2n) is 9.93. The van der Waals surface area contributed by atoms with Gasteiger partial charge in [-0.3, -0.25) is 0 Å². The van der Waals surface area contributed by atoms with E-state index in [2.05, 4.69) is 18.8 Å². The third-order valence-corrected chi connectivity index (χ3v) is 8.13. The number of benzene rings is 1. The summed E-state index contributed by atoms with van der Waals surface area (Å²) in [6, 6.07) is 7.69. The predicted octanol–water partition coefficient (Wildman–Crippen LogP) is 4.53. The van der Waals surface area contributed by atoms with Gasteiger partial charge >= 0.3 is 5.97 Å². The molecule has 4 aliphatic heterocycles. The number of aromatic nitrogens is 1. The maximum absolute atomic E-state index is 13.1. The molecule has 166 valence electrons. The fourth-order valence-corrected chi connectivity index (χ4v) is 6.42. The average Bonchev–Trinajstić information content (AvgIpc) is 3.06. The zero-order valence-electron chi connectivity index (χ0n) is 18.1. The Labute approximate surface area is 181 Å². The molecule has 1 N–H and O–H groups in total. The molecule has 1 aromatic heterocycles. The Morgan fingerprint density at radius 3 is 2.84 bits per heavy atom. The summed E-state index contributed by atoms with van der Waals surface area (Å²) < 4.78 is 18.6. The number of para-hydroxylation sites is 1. The Morgan fingerprint density at radius 1 is 1.13 bits per heavy atom. The van der Waals surface area contributed by atoms with Gasteiger partial charge in [0.25, 0.3) is 0 Å². The van der Waals surface area contributed by atoms with Gasteiger partial charge in [-0.25, -0.2) is 14.6 Å². The van der Waals surface area contributed by atoms with Crippen molar-refractivity contribution in [1.29, 1.82) is 0 Å². The minimum Gasteiger partial charge on any atom is -0.432 e. The van der Waals surface area contributed by atoms with Crippen molar-refractivity contribution in [1.82, 2.24) is 4.98 Å². The van der Waals surface area contributed by atoms with Gasteiger partial charge in [-0.15, -0.1) is 0 Å². The van der Waals surface area contributed by atoms with Crippen LogP contribution >= 0.6 is 0 Å².